The van der Waals surface area contributed by atoms with E-state index >= 15 is 0 Å². The minimum atomic E-state index is -3.36. The first-order chi connectivity index (χ1) is 6.53. The second-order valence-corrected chi connectivity index (χ2v) is 8.64. The van der Waals surface area contributed by atoms with Crippen LogP contribution in [0.1, 0.15) is 13.8 Å². The molecule has 0 aliphatic carbocycles. The highest BCUT2D eigenvalue weighted by Gasteiger charge is 2.20. The molecular weight excluding hydrogens is 238 g/mol. The van der Waals surface area contributed by atoms with E-state index < -0.39 is 25.7 Å². The van der Waals surface area contributed by atoms with Gasteiger partial charge in [0.25, 0.3) is 0 Å². The number of nitrogens with two attached hydrogens (primary N) is 1. The van der Waals surface area contributed by atoms with Crippen molar-refractivity contribution in [1.82, 2.24) is 0 Å². The minimum absolute atomic E-state index is 0.0676. The van der Waals surface area contributed by atoms with Crippen LogP contribution in [0.4, 0.5) is 0 Å². The van der Waals surface area contributed by atoms with E-state index in [-0.39, 0.29) is 23.2 Å². The summed E-state index contributed by atoms with van der Waals surface area (Å²) in [6.45, 7) is 3.66. The molecule has 0 aliphatic rings. The van der Waals surface area contributed by atoms with Gasteiger partial charge in [0.05, 0.1) is 17.3 Å². The van der Waals surface area contributed by atoms with Crippen LogP contribution in [-0.4, -0.2) is 46.4 Å². The lowest BCUT2D eigenvalue weighted by Gasteiger charge is -2.15. The van der Waals surface area contributed by atoms with Crippen molar-refractivity contribution < 1.29 is 16.8 Å². The van der Waals surface area contributed by atoms with Crippen LogP contribution in [0, 0.1) is 5.92 Å². The van der Waals surface area contributed by atoms with Crippen molar-refractivity contribution in [2.24, 2.45) is 11.7 Å². The molecule has 1 atom stereocenters. The number of hydrogen-bond acceptors (Lipinski definition) is 5. The van der Waals surface area contributed by atoms with Crippen LogP contribution in [-0.2, 0) is 19.7 Å². The maximum absolute atomic E-state index is 11.4. The number of rotatable bonds is 6. The van der Waals surface area contributed by atoms with E-state index in [4.69, 9.17) is 5.73 Å². The first-order valence-corrected chi connectivity index (χ1v) is 8.55. The quantitative estimate of drug-likeness (QED) is 0.687. The predicted octanol–water partition coefficient (Wildman–Crippen LogP) is -0.571. The maximum atomic E-state index is 11.4. The largest absolute Gasteiger partial charge is 0.327 e. The van der Waals surface area contributed by atoms with Crippen LogP contribution in [0.15, 0.2) is 0 Å². The first-order valence-electron chi connectivity index (χ1n) is 4.67. The molecule has 0 amide bonds. The van der Waals surface area contributed by atoms with E-state index in [2.05, 4.69) is 0 Å². The topological polar surface area (TPSA) is 94.3 Å². The van der Waals surface area contributed by atoms with Gasteiger partial charge in [0.1, 0.15) is 9.84 Å². The molecule has 0 bridgehead atoms. The summed E-state index contributed by atoms with van der Waals surface area (Å²) in [6.07, 6.45) is 1.02. The van der Waals surface area contributed by atoms with Gasteiger partial charge in [-0.05, 0) is 5.92 Å². The summed E-state index contributed by atoms with van der Waals surface area (Å²) in [5.74, 6) is -0.759. The van der Waals surface area contributed by atoms with Crippen LogP contribution in [0.25, 0.3) is 0 Å². The summed E-state index contributed by atoms with van der Waals surface area (Å²) < 4.78 is 44.5. The van der Waals surface area contributed by atoms with Gasteiger partial charge in [0.2, 0.25) is 0 Å². The maximum Gasteiger partial charge on any atom is 0.152 e. The van der Waals surface area contributed by atoms with Gasteiger partial charge in [-0.3, -0.25) is 0 Å². The SMILES string of the molecule is CC(C)C(N)CS(=O)(=O)CCS(C)(=O)=O. The van der Waals surface area contributed by atoms with Gasteiger partial charge in [0, 0.05) is 12.3 Å². The third-order valence-corrected chi connectivity index (χ3v) is 4.99. The van der Waals surface area contributed by atoms with Gasteiger partial charge in [-0.25, -0.2) is 16.8 Å². The molecule has 2 N–H and O–H groups in total. The minimum Gasteiger partial charge on any atom is -0.327 e. The average molecular weight is 257 g/mol. The standard InChI is InChI=1S/C8H19NO4S2/c1-7(2)8(9)6-15(12,13)5-4-14(3,10)11/h7-8H,4-6,9H2,1-3H3. The molecule has 0 fully saturated rings. The molecule has 0 aromatic heterocycles. The second-order valence-electron chi connectivity index (χ2n) is 4.15. The highest BCUT2D eigenvalue weighted by atomic mass is 32.2. The Morgan fingerprint density at radius 3 is 1.87 bits per heavy atom. The summed E-state index contributed by atoms with van der Waals surface area (Å²) in [5, 5.41) is 0. The predicted molar refractivity (Wildman–Crippen MR) is 61.2 cm³/mol. The zero-order chi connectivity index (χ0) is 12.3. The monoisotopic (exact) mass is 257 g/mol. The van der Waals surface area contributed by atoms with Crippen molar-refractivity contribution in [2.45, 2.75) is 19.9 Å². The third-order valence-electron chi connectivity index (χ3n) is 2.07. The number of hydrogen-bond donors (Lipinski definition) is 1. The van der Waals surface area contributed by atoms with Gasteiger partial charge < -0.3 is 5.73 Å². The Kier molecular flexibility index (Phi) is 5.22. The lowest BCUT2D eigenvalue weighted by Crippen LogP contribution is -2.36. The van der Waals surface area contributed by atoms with Crippen LogP contribution in [0.5, 0.6) is 0 Å². The third kappa shape index (κ3) is 7.75. The Morgan fingerprint density at radius 2 is 1.53 bits per heavy atom. The fourth-order valence-corrected chi connectivity index (χ4v) is 4.21. The molecule has 0 saturated heterocycles. The summed E-state index contributed by atoms with van der Waals surface area (Å²) in [6, 6.07) is -0.436. The van der Waals surface area contributed by atoms with Crippen LogP contribution >= 0.6 is 0 Å². The smallest absolute Gasteiger partial charge is 0.152 e. The van der Waals surface area contributed by atoms with Gasteiger partial charge >= 0.3 is 0 Å². The van der Waals surface area contributed by atoms with Crippen molar-refractivity contribution in [3.8, 4) is 0 Å². The lowest BCUT2D eigenvalue weighted by atomic mass is 10.1. The van der Waals surface area contributed by atoms with E-state index in [9.17, 15) is 16.8 Å². The fourth-order valence-electron chi connectivity index (χ4n) is 0.847. The summed E-state index contributed by atoms with van der Waals surface area (Å²) in [7, 11) is -6.60. The highest BCUT2D eigenvalue weighted by molar-refractivity contribution is 7.94. The van der Waals surface area contributed by atoms with E-state index in [0.717, 1.165) is 6.26 Å². The number of sulfone groups is 2. The van der Waals surface area contributed by atoms with E-state index in [1.807, 2.05) is 13.8 Å². The van der Waals surface area contributed by atoms with Crippen LogP contribution < -0.4 is 5.73 Å². The van der Waals surface area contributed by atoms with Crippen LogP contribution in [0.3, 0.4) is 0 Å². The second kappa shape index (κ2) is 5.27. The summed E-state index contributed by atoms with van der Waals surface area (Å²) in [4.78, 5) is 0. The zero-order valence-electron chi connectivity index (χ0n) is 9.30. The Labute approximate surface area is 91.9 Å². The Hall–Kier alpha value is -0.140. The molecule has 0 rings (SSSR count). The molecule has 5 nitrogen and oxygen atoms in total. The van der Waals surface area contributed by atoms with Gasteiger partial charge in [-0.15, -0.1) is 0 Å². The molecule has 0 saturated carbocycles. The normalized spacial score (nSPS) is 15.5. The van der Waals surface area contributed by atoms with E-state index in [1.54, 1.807) is 0 Å². The fraction of sp³-hybridized carbons (Fsp3) is 1.00. The van der Waals surface area contributed by atoms with E-state index in [1.165, 1.54) is 0 Å². The van der Waals surface area contributed by atoms with Crippen molar-refractivity contribution >= 4 is 19.7 Å². The highest BCUT2D eigenvalue weighted by Crippen LogP contribution is 2.03. The van der Waals surface area contributed by atoms with E-state index in [0.29, 0.717) is 0 Å². The summed E-state index contributed by atoms with van der Waals surface area (Å²) >= 11 is 0. The molecule has 0 spiro atoms. The molecule has 0 aromatic rings. The molecule has 7 heteroatoms. The van der Waals surface area contributed by atoms with Gasteiger partial charge in [-0.2, -0.15) is 0 Å². The average Bonchev–Trinajstić information content (AvgIpc) is 1.99. The van der Waals surface area contributed by atoms with Crippen molar-refractivity contribution in [3.63, 3.8) is 0 Å². The molecule has 92 valence electrons. The summed E-state index contributed by atoms with van der Waals surface area (Å²) in [5.41, 5.74) is 5.61. The Morgan fingerprint density at radius 1 is 1.07 bits per heavy atom. The Bertz CT molecular complexity index is 383. The van der Waals surface area contributed by atoms with Crippen LogP contribution in [0.2, 0.25) is 0 Å². The lowest BCUT2D eigenvalue weighted by molar-refractivity contribution is 0.516. The Balaban J connectivity index is 4.34. The molecular formula is C8H19NO4S2. The van der Waals surface area contributed by atoms with Crippen molar-refractivity contribution in [1.29, 1.82) is 0 Å². The molecule has 0 aliphatic heterocycles. The molecule has 0 radical (unpaired) electrons. The first kappa shape index (κ1) is 14.9. The molecule has 15 heavy (non-hydrogen) atoms. The molecule has 0 heterocycles. The van der Waals surface area contributed by atoms with Gasteiger partial charge in [0.15, 0.2) is 9.84 Å². The van der Waals surface area contributed by atoms with Gasteiger partial charge in [-0.1, -0.05) is 13.8 Å². The van der Waals surface area contributed by atoms with Crippen molar-refractivity contribution in [2.75, 3.05) is 23.5 Å². The zero-order valence-corrected chi connectivity index (χ0v) is 10.9. The molecule has 1 unspecified atom stereocenters. The molecule has 0 aromatic carbocycles. The van der Waals surface area contributed by atoms with Crippen molar-refractivity contribution in [3.05, 3.63) is 0 Å².